The van der Waals surface area contributed by atoms with Gasteiger partial charge >= 0.3 is 0 Å². The molecule has 0 fully saturated rings. The summed E-state index contributed by atoms with van der Waals surface area (Å²) in [6.45, 7) is 6.65. The molecule has 0 aliphatic heterocycles. The van der Waals surface area contributed by atoms with E-state index in [2.05, 4.69) is 35.1 Å². The van der Waals surface area contributed by atoms with E-state index in [4.69, 9.17) is 0 Å². The summed E-state index contributed by atoms with van der Waals surface area (Å²) >= 11 is 3.62. The minimum absolute atomic E-state index is 0.0636. The topological polar surface area (TPSA) is 49.3 Å². The number of hydrogen-bond donors (Lipinski definition) is 2. The number of halogens is 1. The Morgan fingerprint density at radius 3 is 2.58 bits per heavy atom. The predicted octanol–water partition coefficient (Wildman–Crippen LogP) is 3.63. The molecule has 0 aromatic heterocycles. The molecule has 2 N–H and O–H groups in total. The summed E-state index contributed by atoms with van der Waals surface area (Å²) in [4.78, 5) is 12.3. The van der Waals surface area contributed by atoms with Gasteiger partial charge in [0.25, 0.3) is 5.91 Å². The Hall–Kier alpha value is -1.03. The molecule has 3 nitrogen and oxygen atoms in total. The van der Waals surface area contributed by atoms with E-state index < -0.39 is 0 Å². The molecule has 0 saturated carbocycles. The molecule has 1 aromatic carbocycles. The average molecular weight is 328 g/mol. The quantitative estimate of drug-likeness (QED) is 0.784. The number of phenols is 1. The number of carbonyl (C=O) groups is 1. The van der Waals surface area contributed by atoms with Crippen molar-refractivity contribution in [1.29, 1.82) is 0 Å². The van der Waals surface area contributed by atoms with Crippen molar-refractivity contribution in [2.75, 3.05) is 6.54 Å². The van der Waals surface area contributed by atoms with Crippen LogP contribution < -0.4 is 5.32 Å². The Kier molecular flexibility index (Phi) is 6.35. The molecule has 0 saturated heterocycles. The van der Waals surface area contributed by atoms with E-state index in [9.17, 15) is 9.90 Å². The first-order valence-electron chi connectivity index (χ1n) is 6.72. The molecule has 0 aliphatic carbocycles. The van der Waals surface area contributed by atoms with Crippen LogP contribution in [0, 0.1) is 12.8 Å². The second kappa shape index (κ2) is 7.53. The maximum Gasteiger partial charge on any atom is 0.255 e. The fourth-order valence-electron chi connectivity index (χ4n) is 2.09. The van der Waals surface area contributed by atoms with Gasteiger partial charge in [0.1, 0.15) is 5.75 Å². The van der Waals surface area contributed by atoms with Crippen LogP contribution in [-0.2, 0) is 0 Å². The average Bonchev–Trinajstić information content (AvgIpc) is 2.40. The molecule has 0 bridgehead atoms. The molecular formula is C15H22BrNO2. The van der Waals surface area contributed by atoms with Gasteiger partial charge in [0.2, 0.25) is 0 Å². The van der Waals surface area contributed by atoms with Crippen LogP contribution in [-0.4, -0.2) is 22.4 Å². The van der Waals surface area contributed by atoms with E-state index >= 15 is 0 Å². The van der Waals surface area contributed by atoms with Gasteiger partial charge in [-0.15, -0.1) is 0 Å². The van der Waals surface area contributed by atoms with Crippen LogP contribution >= 0.6 is 15.9 Å². The maximum atomic E-state index is 12.0. The molecule has 0 radical (unpaired) electrons. The van der Waals surface area contributed by atoms with E-state index in [1.165, 1.54) is 0 Å². The van der Waals surface area contributed by atoms with Gasteiger partial charge in [-0.1, -0.05) is 54.8 Å². The maximum absolute atomic E-state index is 12.0. The van der Waals surface area contributed by atoms with Crippen molar-refractivity contribution in [3.8, 4) is 5.75 Å². The zero-order valence-electron chi connectivity index (χ0n) is 11.7. The minimum Gasteiger partial charge on any atom is -0.507 e. The van der Waals surface area contributed by atoms with Crippen molar-refractivity contribution in [2.45, 2.75) is 38.4 Å². The Bertz CT molecular complexity index is 430. The first-order valence-corrected chi connectivity index (χ1v) is 7.63. The van der Waals surface area contributed by atoms with Gasteiger partial charge < -0.3 is 10.4 Å². The lowest BCUT2D eigenvalue weighted by atomic mass is 9.99. The molecule has 4 heteroatoms. The summed E-state index contributed by atoms with van der Waals surface area (Å²) in [5, 5.41) is 12.7. The fraction of sp³-hybridized carbons (Fsp3) is 0.533. The highest BCUT2D eigenvalue weighted by Crippen LogP contribution is 2.22. The number of amides is 1. The van der Waals surface area contributed by atoms with Crippen molar-refractivity contribution in [3.05, 3.63) is 29.3 Å². The molecule has 0 heterocycles. The van der Waals surface area contributed by atoms with Crippen LogP contribution in [0.3, 0.4) is 0 Å². The first kappa shape index (κ1) is 16.0. The van der Waals surface area contributed by atoms with Gasteiger partial charge in [0.05, 0.1) is 5.56 Å². The van der Waals surface area contributed by atoms with Crippen LogP contribution in [0.25, 0.3) is 0 Å². The van der Waals surface area contributed by atoms with Crippen LogP contribution in [0.15, 0.2) is 18.2 Å². The Morgan fingerprint density at radius 1 is 1.37 bits per heavy atom. The summed E-state index contributed by atoms with van der Waals surface area (Å²) < 4.78 is 0. The number of alkyl halides is 1. The van der Waals surface area contributed by atoms with Gasteiger partial charge in [-0.05, 0) is 24.5 Å². The normalized spacial score (nSPS) is 12.5. The number of aryl methyl sites for hydroxylation is 1. The smallest absolute Gasteiger partial charge is 0.255 e. The highest BCUT2D eigenvalue weighted by atomic mass is 79.9. The third-order valence-corrected chi connectivity index (χ3v) is 4.57. The summed E-state index contributed by atoms with van der Waals surface area (Å²) in [5.41, 5.74) is 1.05. The van der Waals surface area contributed by atoms with Gasteiger partial charge in [-0.3, -0.25) is 4.79 Å². The highest BCUT2D eigenvalue weighted by Gasteiger charge is 2.18. The van der Waals surface area contributed by atoms with Gasteiger partial charge in [-0.25, -0.2) is 0 Å². The summed E-state index contributed by atoms with van der Waals surface area (Å²) in [6.07, 6.45) is 2.16. The number of benzene rings is 1. The molecule has 0 spiro atoms. The fourth-order valence-corrected chi connectivity index (χ4v) is 3.00. The molecule has 1 atom stereocenters. The van der Waals surface area contributed by atoms with E-state index in [1.807, 2.05) is 0 Å². The number of aromatic hydroxyl groups is 1. The lowest BCUT2D eigenvalue weighted by Gasteiger charge is -2.20. The Labute approximate surface area is 123 Å². The molecule has 1 amide bonds. The summed E-state index contributed by atoms with van der Waals surface area (Å²) in [6, 6.07) is 5.19. The molecule has 1 unspecified atom stereocenters. The van der Waals surface area contributed by atoms with Crippen molar-refractivity contribution >= 4 is 21.8 Å². The lowest BCUT2D eigenvalue weighted by molar-refractivity contribution is 0.0949. The van der Waals surface area contributed by atoms with Gasteiger partial charge in [0.15, 0.2) is 0 Å². The molecule has 1 aromatic rings. The molecule has 1 rings (SSSR count). The monoisotopic (exact) mass is 327 g/mol. The highest BCUT2D eigenvalue weighted by molar-refractivity contribution is 9.09. The second-order valence-electron chi connectivity index (χ2n) is 4.77. The van der Waals surface area contributed by atoms with E-state index in [1.54, 1.807) is 25.1 Å². The Morgan fingerprint density at radius 2 is 2.00 bits per heavy atom. The number of hydrogen-bond acceptors (Lipinski definition) is 2. The minimum atomic E-state index is -0.225. The predicted molar refractivity (Wildman–Crippen MR) is 82.0 cm³/mol. The summed E-state index contributed by atoms with van der Waals surface area (Å²) in [7, 11) is 0. The van der Waals surface area contributed by atoms with E-state index in [0.717, 1.165) is 12.8 Å². The van der Waals surface area contributed by atoms with Crippen LogP contribution in [0.1, 0.15) is 42.6 Å². The van der Waals surface area contributed by atoms with Crippen molar-refractivity contribution in [2.24, 2.45) is 5.92 Å². The van der Waals surface area contributed by atoms with Crippen molar-refractivity contribution < 1.29 is 9.90 Å². The van der Waals surface area contributed by atoms with Crippen LogP contribution in [0.4, 0.5) is 0 Å². The molecular weight excluding hydrogens is 306 g/mol. The lowest BCUT2D eigenvalue weighted by Crippen LogP contribution is -2.33. The van der Waals surface area contributed by atoms with Crippen LogP contribution in [0.5, 0.6) is 5.75 Å². The van der Waals surface area contributed by atoms with E-state index in [-0.39, 0.29) is 16.5 Å². The number of carbonyl (C=O) groups excluding carboxylic acids is 1. The number of rotatable bonds is 6. The van der Waals surface area contributed by atoms with Crippen LogP contribution in [0.2, 0.25) is 0 Å². The third kappa shape index (κ3) is 4.23. The SMILES string of the molecule is CCC(CC)C(Br)CNC(=O)c1cccc(C)c1O. The zero-order chi connectivity index (χ0) is 14.4. The van der Waals surface area contributed by atoms with E-state index in [0.29, 0.717) is 23.6 Å². The van der Waals surface area contributed by atoms with Crippen molar-refractivity contribution in [1.82, 2.24) is 5.32 Å². The molecule has 106 valence electrons. The van der Waals surface area contributed by atoms with Crippen molar-refractivity contribution in [3.63, 3.8) is 0 Å². The van der Waals surface area contributed by atoms with Gasteiger partial charge in [0, 0.05) is 11.4 Å². The van der Waals surface area contributed by atoms with Gasteiger partial charge in [-0.2, -0.15) is 0 Å². The second-order valence-corrected chi connectivity index (χ2v) is 5.95. The number of para-hydroxylation sites is 1. The zero-order valence-corrected chi connectivity index (χ0v) is 13.3. The third-order valence-electron chi connectivity index (χ3n) is 3.50. The molecule has 0 aliphatic rings. The standard InChI is InChI=1S/C15H22BrNO2/c1-4-11(5-2)13(16)9-17-15(19)12-8-6-7-10(3)14(12)18/h6-8,11,13,18H,4-5,9H2,1-3H3,(H,17,19). The first-order chi connectivity index (χ1) is 9.01. The largest absolute Gasteiger partial charge is 0.507 e. The Balaban J connectivity index is 2.63. The summed E-state index contributed by atoms with van der Waals surface area (Å²) in [5.74, 6) is 0.386. The molecule has 19 heavy (non-hydrogen) atoms. The number of nitrogens with one attached hydrogen (secondary N) is 1. The number of phenolic OH excluding ortho intramolecular Hbond substituents is 1.